The van der Waals surface area contributed by atoms with E-state index in [0.29, 0.717) is 6.54 Å². The molecule has 1 aliphatic carbocycles. The van der Waals surface area contributed by atoms with E-state index in [0.717, 1.165) is 36.5 Å². The van der Waals surface area contributed by atoms with Crippen LogP contribution >= 0.6 is 0 Å². The Hall–Kier alpha value is -3.28. The lowest BCUT2D eigenvalue weighted by molar-refractivity contribution is -0.128. The zero-order valence-corrected chi connectivity index (χ0v) is 17.6. The molecule has 1 aromatic heterocycles. The van der Waals surface area contributed by atoms with Crippen LogP contribution in [0.2, 0.25) is 0 Å². The molecule has 0 saturated heterocycles. The number of hydrogen-bond donors (Lipinski definition) is 1. The van der Waals surface area contributed by atoms with Crippen LogP contribution in [0.4, 0.5) is 5.69 Å². The SMILES string of the molecule is O=C(NC1CCCCC1)C1CN(Cc2ccc(-n3ccnc3)cc2)c2ccccc2O1. The van der Waals surface area contributed by atoms with Crippen LogP contribution in [0.5, 0.6) is 5.75 Å². The van der Waals surface area contributed by atoms with E-state index >= 15 is 0 Å². The highest BCUT2D eigenvalue weighted by Crippen LogP contribution is 2.34. The standard InChI is InChI=1S/C25H28N4O2/c30-25(27-20-6-2-1-3-7-20)24-17-29(22-8-4-5-9-23(22)31-24)16-19-10-12-21(13-11-19)28-15-14-26-18-28/h4-5,8-15,18,20,24H,1-3,6-7,16-17H2,(H,27,30). The number of amides is 1. The van der Waals surface area contributed by atoms with Gasteiger partial charge in [0.15, 0.2) is 6.10 Å². The van der Waals surface area contributed by atoms with E-state index in [1.165, 1.54) is 24.8 Å². The fraction of sp³-hybridized carbons (Fsp3) is 0.360. The summed E-state index contributed by atoms with van der Waals surface area (Å²) in [5.74, 6) is 0.773. The van der Waals surface area contributed by atoms with Crippen molar-refractivity contribution >= 4 is 11.6 Å². The zero-order valence-electron chi connectivity index (χ0n) is 17.6. The third-order valence-corrected chi connectivity index (χ3v) is 6.22. The number of fused-ring (bicyclic) bond motifs is 1. The monoisotopic (exact) mass is 416 g/mol. The molecule has 1 unspecified atom stereocenters. The number of hydrogen-bond acceptors (Lipinski definition) is 4. The molecule has 6 nitrogen and oxygen atoms in total. The molecule has 1 atom stereocenters. The van der Waals surface area contributed by atoms with Gasteiger partial charge in [-0.25, -0.2) is 4.98 Å². The number of para-hydroxylation sites is 2. The normalized spacial score (nSPS) is 18.8. The Morgan fingerprint density at radius 3 is 2.65 bits per heavy atom. The Morgan fingerprint density at radius 1 is 1.06 bits per heavy atom. The highest BCUT2D eigenvalue weighted by Gasteiger charge is 2.32. The van der Waals surface area contributed by atoms with Crippen LogP contribution in [0.3, 0.4) is 0 Å². The van der Waals surface area contributed by atoms with Gasteiger partial charge in [-0.1, -0.05) is 43.5 Å². The largest absolute Gasteiger partial charge is 0.477 e. The summed E-state index contributed by atoms with van der Waals surface area (Å²) in [4.78, 5) is 19.3. The average Bonchev–Trinajstić information content (AvgIpc) is 3.35. The van der Waals surface area contributed by atoms with Crippen molar-refractivity contribution in [2.24, 2.45) is 0 Å². The molecule has 1 fully saturated rings. The minimum atomic E-state index is -0.498. The predicted octanol–water partition coefficient (Wildman–Crippen LogP) is 4.09. The minimum Gasteiger partial charge on any atom is -0.477 e. The molecular weight excluding hydrogens is 388 g/mol. The summed E-state index contributed by atoms with van der Waals surface area (Å²) in [5, 5.41) is 3.23. The van der Waals surface area contributed by atoms with Crippen LogP contribution in [-0.2, 0) is 11.3 Å². The smallest absolute Gasteiger partial charge is 0.263 e. The lowest BCUT2D eigenvalue weighted by Crippen LogP contribution is -2.51. The van der Waals surface area contributed by atoms with Gasteiger partial charge in [0.25, 0.3) is 5.91 Å². The highest BCUT2D eigenvalue weighted by atomic mass is 16.5. The third kappa shape index (κ3) is 4.43. The van der Waals surface area contributed by atoms with Crippen molar-refractivity contribution in [3.05, 3.63) is 72.8 Å². The maximum absolute atomic E-state index is 13.0. The lowest BCUT2D eigenvalue weighted by Gasteiger charge is -2.36. The molecule has 3 aromatic rings. The van der Waals surface area contributed by atoms with Crippen LogP contribution in [0.25, 0.3) is 5.69 Å². The molecule has 5 rings (SSSR count). The lowest BCUT2D eigenvalue weighted by atomic mass is 9.95. The molecule has 1 N–H and O–H groups in total. The number of benzene rings is 2. The van der Waals surface area contributed by atoms with Gasteiger partial charge < -0.3 is 19.5 Å². The molecular formula is C25H28N4O2. The van der Waals surface area contributed by atoms with E-state index in [-0.39, 0.29) is 11.9 Å². The topological polar surface area (TPSA) is 59.4 Å². The quantitative estimate of drug-likeness (QED) is 0.681. The summed E-state index contributed by atoms with van der Waals surface area (Å²) in [5.41, 5.74) is 3.29. The third-order valence-electron chi connectivity index (χ3n) is 6.22. The van der Waals surface area contributed by atoms with Gasteiger partial charge in [0.1, 0.15) is 5.75 Å². The first kappa shape index (κ1) is 19.7. The number of carbonyl (C=O) groups is 1. The molecule has 0 bridgehead atoms. The zero-order chi connectivity index (χ0) is 21.0. The molecule has 1 amide bonds. The molecule has 0 spiro atoms. The minimum absolute atomic E-state index is 0.00172. The number of anilines is 1. The Kier molecular flexibility index (Phi) is 5.61. The van der Waals surface area contributed by atoms with Gasteiger partial charge in [0.05, 0.1) is 18.6 Å². The van der Waals surface area contributed by atoms with E-state index in [1.807, 2.05) is 29.0 Å². The molecule has 1 saturated carbocycles. The summed E-state index contributed by atoms with van der Waals surface area (Å²) in [6, 6.07) is 16.7. The number of rotatable bonds is 5. The number of aromatic nitrogens is 2. The van der Waals surface area contributed by atoms with E-state index in [4.69, 9.17) is 4.74 Å². The summed E-state index contributed by atoms with van der Waals surface area (Å²) in [6.45, 7) is 1.26. The number of carbonyl (C=O) groups excluding carboxylic acids is 1. The van der Waals surface area contributed by atoms with Gasteiger partial charge in [0, 0.05) is 30.7 Å². The average molecular weight is 417 g/mol. The van der Waals surface area contributed by atoms with Crippen molar-refractivity contribution in [3.63, 3.8) is 0 Å². The van der Waals surface area contributed by atoms with Gasteiger partial charge in [-0.3, -0.25) is 4.79 Å². The summed E-state index contributed by atoms with van der Waals surface area (Å²) in [6.07, 6.45) is 10.8. The maximum Gasteiger partial charge on any atom is 0.263 e. The number of nitrogens with one attached hydrogen (secondary N) is 1. The van der Waals surface area contributed by atoms with E-state index in [2.05, 4.69) is 45.5 Å². The summed E-state index contributed by atoms with van der Waals surface area (Å²) in [7, 11) is 0. The second-order valence-electron chi connectivity index (χ2n) is 8.43. The molecule has 0 radical (unpaired) electrons. The number of nitrogens with zero attached hydrogens (tertiary/aromatic N) is 3. The molecule has 6 heteroatoms. The van der Waals surface area contributed by atoms with E-state index < -0.39 is 6.10 Å². The Bertz CT molecular complexity index is 1010. The van der Waals surface area contributed by atoms with Gasteiger partial charge in [-0.2, -0.15) is 0 Å². The Balaban J connectivity index is 1.31. The predicted molar refractivity (Wildman–Crippen MR) is 120 cm³/mol. The van der Waals surface area contributed by atoms with Crippen LogP contribution in [0.1, 0.15) is 37.7 Å². The first-order valence-corrected chi connectivity index (χ1v) is 11.1. The molecule has 31 heavy (non-hydrogen) atoms. The molecule has 2 aromatic carbocycles. The van der Waals surface area contributed by atoms with Gasteiger partial charge in [-0.15, -0.1) is 0 Å². The van der Waals surface area contributed by atoms with Crippen molar-refractivity contribution < 1.29 is 9.53 Å². The van der Waals surface area contributed by atoms with Crippen LogP contribution < -0.4 is 15.0 Å². The Labute approximate surface area is 182 Å². The fourth-order valence-electron chi connectivity index (χ4n) is 4.54. The van der Waals surface area contributed by atoms with Crippen LogP contribution in [0.15, 0.2) is 67.3 Å². The number of ether oxygens (including phenoxy) is 1. The Morgan fingerprint density at radius 2 is 1.87 bits per heavy atom. The summed E-state index contributed by atoms with van der Waals surface area (Å²) < 4.78 is 8.09. The second kappa shape index (κ2) is 8.84. The molecule has 160 valence electrons. The summed E-state index contributed by atoms with van der Waals surface area (Å²) >= 11 is 0. The van der Waals surface area contributed by atoms with E-state index in [9.17, 15) is 4.79 Å². The van der Waals surface area contributed by atoms with Crippen molar-refractivity contribution in [2.75, 3.05) is 11.4 Å². The number of imidazole rings is 1. The van der Waals surface area contributed by atoms with Crippen molar-refractivity contribution in [1.29, 1.82) is 0 Å². The van der Waals surface area contributed by atoms with Gasteiger partial charge >= 0.3 is 0 Å². The second-order valence-corrected chi connectivity index (χ2v) is 8.43. The maximum atomic E-state index is 13.0. The molecule has 1 aliphatic heterocycles. The van der Waals surface area contributed by atoms with E-state index in [1.54, 1.807) is 12.5 Å². The first-order chi connectivity index (χ1) is 15.3. The van der Waals surface area contributed by atoms with Crippen molar-refractivity contribution in [3.8, 4) is 11.4 Å². The van der Waals surface area contributed by atoms with Crippen LogP contribution in [0, 0.1) is 0 Å². The van der Waals surface area contributed by atoms with Crippen LogP contribution in [-0.4, -0.2) is 34.1 Å². The van der Waals surface area contributed by atoms with Crippen molar-refractivity contribution in [2.45, 2.75) is 50.8 Å². The van der Waals surface area contributed by atoms with Crippen molar-refractivity contribution in [1.82, 2.24) is 14.9 Å². The fourth-order valence-corrected chi connectivity index (χ4v) is 4.54. The van der Waals surface area contributed by atoms with Gasteiger partial charge in [-0.05, 0) is 42.7 Å². The highest BCUT2D eigenvalue weighted by molar-refractivity contribution is 5.83. The molecule has 2 heterocycles. The molecule has 2 aliphatic rings. The van der Waals surface area contributed by atoms with Gasteiger partial charge in [0.2, 0.25) is 0 Å². The first-order valence-electron chi connectivity index (χ1n) is 11.1.